The fraction of sp³-hybridized carbons (Fsp3) is 0.917. The quantitative estimate of drug-likeness (QED) is 0.821. The summed E-state index contributed by atoms with van der Waals surface area (Å²) in [6, 6.07) is -0.650. The van der Waals surface area contributed by atoms with Crippen LogP contribution in [-0.4, -0.2) is 29.3 Å². The third kappa shape index (κ3) is 3.37. The van der Waals surface area contributed by atoms with E-state index in [-0.39, 0.29) is 24.8 Å². The summed E-state index contributed by atoms with van der Waals surface area (Å²) < 4.78 is 37.4. The van der Waals surface area contributed by atoms with E-state index in [2.05, 4.69) is 5.32 Å². The minimum atomic E-state index is -4.10. The Labute approximate surface area is 104 Å². The fourth-order valence-electron chi connectivity index (χ4n) is 2.68. The van der Waals surface area contributed by atoms with E-state index in [9.17, 15) is 18.0 Å². The maximum Gasteiger partial charge on any atom is 0.391 e. The number of carbonyl (C=O) groups is 1. The second-order valence-corrected chi connectivity index (χ2v) is 5.41. The number of hydrogen-bond acceptors (Lipinski definition) is 2. The Bertz CT molecular complexity index is 307. The predicted molar refractivity (Wildman–Crippen MR) is 59.1 cm³/mol. The normalized spacial score (nSPS) is 31.1. The molecular weight excluding hydrogens is 247 g/mol. The smallest absolute Gasteiger partial charge is 0.391 e. The lowest BCUT2D eigenvalue weighted by atomic mass is 9.85. The molecule has 0 bridgehead atoms. The third-order valence-electron chi connectivity index (χ3n) is 3.96. The molecule has 2 saturated carbocycles. The van der Waals surface area contributed by atoms with Gasteiger partial charge >= 0.3 is 12.1 Å². The summed E-state index contributed by atoms with van der Waals surface area (Å²) in [5.41, 5.74) is 0. The van der Waals surface area contributed by atoms with Crippen molar-refractivity contribution in [3.63, 3.8) is 0 Å². The van der Waals surface area contributed by atoms with Crippen LogP contribution in [0, 0.1) is 11.8 Å². The summed E-state index contributed by atoms with van der Waals surface area (Å²) >= 11 is 0. The summed E-state index contributed by atoms with van der Waals surface area (Å²) in [5.74, 6) is -1.92. The number of carboxylic acid groups (broad SMARTS) is 1. The van der Waals surface area contributed by atoms with Gasteiger partial charge in [0.1, 0.15) is 6.04 Å². The van der Waals surface area contributed by atoms with Gasteiger partial charge in [0.25, 0.3) is 0 Å². The van der Waals surface area contributed by atoms with E-state index in [4.69, 9.17) is 5.11 Å². The molecule has 0 aliphatic heterocycles. The maximum atomic E-state index is 12.5. The van der Waals surface area contributed by atoms with Crippen molar-refractivity contribution in [3.8, 4) is 0 Å². The van der Waals surface area contributed by atoms with Crippen molar-refractivity contribution in [1.29, 1.82) is 0 Å². The van der Waals surface area contributed by atoms with Gasteiger partial charge in [0.2, 0.25) is 0 Å². The van der Waals surface area contributed by atoms with Crippen LogP contribution in [-0.2, 0) is 4.79 Å². The monoisotopic (exact) mass is 265 g/mol. The van der Waals surface area contributed by atoms with Crippen molar-refractivity contribution >= 4 is 5.97 Å². The van der Waals surface area contributed by atoms with Crippen LogP contribution in [0.1, 0.15) is 38.5 Å². The Kier molecular flexibility index (Phi) is 3.84. The van der Waals surface area contributed by atoms with Crippen molar-refractivity contribution in [3.05, 3.63) is 0 Å². The van der Waals surface area contributed by atoms with Crippen LogP contribution in [0.15, 0.2) is 0 Å². The summed E-state index contributed by atoms with van der Waals surface area (Å²) in [5, 5.41) is 12.1. The highest BCUT2D eigenvalue weighted by atomic mass is 19.4. The Morgan fingerprint density at radius 2 is 1.67 bits per heavy atom. The molecule has 0 aromatic heterocycles. The molecule has 0 aromatic carbocycles. The molecule has 0 aromatic rings. The van der Waals surface area contributed by atoms with Crippen molar-refractivity contribution in [2.75, 3.05) is 0 Å². The summed E-state index contributed by atoms with van der Waals surface area (Å²) in [6.07, 6.45) is -1.24. The Hall–Kier alpha value is -0.780. The average Bonchev–Trinajstić information content (AvgIpc) is 3.08. The molecule has 0 radical (unpaired) electrons. The van der Waals surface area contributed by atoms with E-state index in [1.54, 1.807) is 0 Å². The largest absolute Gasteiger partial charge is 0.480 e. The number of hydrogen-bond donors (Lipinski definition) is 2. The lowest BCUT2D eigenvalue weighted by Gasteiger charge is -2.32. The molecule has 0 saturated heterocycles. The second kappa shape index (κ2) is 5.07. The van der Waals surface area contributed by atoms with Crippen molar-refractivity contribution in [1.82, 2.24) is 5.32 Å². The SMILES string of the molecule is O=C(O)C(NC1CCC(C(F)(F)F)CC1)C1CC1. The van der Waals surface area contributed by atoms with E-state index < -0.39 is 24.1 Å². The molecule has 2 rings (SSSR count). The number of alkyl halides is 3. The summed E-state index contributed by atoms with van der Waals surface area (Å²) in [7, 11) is 0. The zero-order valence-corrected chi connectivity index (χ0v) is 10.0. The van der Waals surface area contributed by atoms with Gasteiger partial charge in [0, 0.05) is 6.04 Å². The number of nitrogens with one attached hydrogen (secondary N) is 1. The van der Waals surface area contributed by atoms with E-state index in [0.29, 0.717) is 12.8 Å². The molecule has 1 unspecified atom stereocenters. The summed E-state index contributed by atoms with van der Waals surface area (Å²) in [6.45, 7) is 0. The van der Waals surface area contributed by atoms with Crippen LogP contribution in [0.2, 0.25) is 0 Å². The van der Waals surface area contributed by atoms with Crippen LogP contribution in [0.5, 0.6) is 0 Å². The molecule has 0 spiro atoms. The van der Waals surface area contributed by atoms with Crippen molar-refractivity contribution < 1.29 is 23.1 Å². The molecule has 0 heterocycles. The number of aliphatic carboxylic acids is 1. The highest BCUT2D eigenvalue weighted by Crippen LogP contribution is 2.38. The zero-order chi connectivity index (χ0) is 13.3. The molecule has 2 aliphatic rings. The molecule has 2 aliphatic carbocycles. The first kappa shape index (κ1) is 13.6. The molecule has 6 heteroatoms. The van der Waals surface area contributed by atoms with Crippen LogP contribution in [0.4, 0.5) is 13.2 Å². The van der Waals surface area contributed by atoms with Gasteiger partial charge in [0.15, 0.2) is 0 Å². The maximum absolute atomic E-state index is 12.5. The lowest BCUT2D eigenvalue weighted by molar-refractivity contribution is -0.183. The van der Waals surface area contributed by atoms with Crippen LogP contribution in [0.3, 0.4) is 0 Å². The number of halogens is 3. The highest BCUT2D eigenvalue weighted by Gasteiger charge is 2.43. The first-order valence-corrected chi connectivity index (χ1v) is 6.43. The number of rotatable bonds is 4. The molecule has 2 fully saturated rings. The fourth-order valence-corrected chi connectivity index (χ4v) is 2.68. The van der Waals surface area contributed by atoms with Gasteiger partial charge < -0.3 is 10.4 Å². The minimum absolute atomic E-state index is 0.0784. The Morgan fingerprint density at radius 3 is 2.06 bits per heavy atom. The van der Waals surface area contributed by atoms with Gasteiger partial charge in [0.05, 0.1) is 5.92 Å². The molecule has 3 nitrogen and oxygen atoms in total. The Balaban J connectivity index is 1.81. The topological polar surface area (TPSA) is 49.3 Å². The number of carboxylic acids is 1. The zero-order valence-electron chi connectivity index (χ0n) is 10.0. The van der Waals surface area contributed by atoms with E-state index in [0.717, 1.165) is 12.8 Å². The third-order valence-corrected chi connectivity index (χ3v) is 3.96. The van der Waals surface area contributed by atoms with E-state index in [1.807, 2.05) is 0 Å². The van der Waals surface area contributed by atoms with E-state index >= 15 is 0 Å². The molecule has 104 valence electrons. The molecule has 0 amide bonds. The first-order valence-electron chi connectivity index (χ1n) is 6.43. The second-order valence-electron chi connectivity index (χ2n) is 5.41. The van der Waals surface area contributed by atoms with Gasteiger partial charge in [-0.25, -0.2) is 0 Å². The van der Waals surface area contributed by atoms with E-state index in [1.165, 1.54) is 0 Å². The van der Waals surface area contributed by atoms with Crippen LogP contribution >= 0.6 is 0 Å². The lowest BCUT2D eigenvalue weighted by Crippen LogP contribution is -2.47. The van der Waals surface area contributed by atoms with Crippen LogP contribution in [0.25, 0.3) is 0 Å². The molecule has 18 heavy (non-hydrogen) atoms. The standard InChI is InChI=1S/C12H18F3NO2/c13-12(14,15)8-3-5-9(6-4-8)16-10(11(17)18)7-1-2-7/h7-10,16H,1-6H2,(H,17,18). The van der Waals surface area contributed by atoms with Crippen molar-refractivity contribution in [2.24, 2.45) is 11.8 Å². The average molecular weight is 265 g/mol. The molecular formula is C12H18F3NO2. The predicted octanol–water partition coefficient (Wildman–Crippen LogP) is 2.56. The minimum Gasteiger partial charge on any atom is -0.480 e. The first-order chi connectivity index (χ1) is 8.38. The van der Waals surface area contributed by atoms with Crippen molar-refractivity contribution in [2.45, 2.75) is 56.8 Å². The van der Waals surface area contributed by atoms with Gasteiger partial charge in [-0.1, -0.05) is 0 Å². The van der Waals surface area contributed by atoms with Gasteiger partial charge in [-0.15, -0.1) is 0 Å². The highest BCUT2D eigenvalue weighted by molar-refractivity contribution is 5.74. The van der Waals surface area contributed by atoms with Gasteiger partial charge in [-0.2, -0.15) is 13.2 Å². The van der Waals surface area contributed by atoms with Gasteiger partial charge in [-0.3, -0.25) is 4.79 Å². The molecule has 2 N–H and O–H groups in total. The molecule has 1 atom stereocenters. The van der Waals surface area contributed by atoms with Crippen LogP contribution < -0.4 is 5.32 Å². The Morgan fingerprint density at radius 1 is 1.11 bits per heavy atom. The summed E-state index contributed by atoms with van der Waals surface area (Å²) in [4.78, 5) is 11.0. The van der Waals surface area contributed by atoms with Gasteiger partial charge in [-0.05, 0) is 44.4 Å².